The Labute approximate surface area is 56.9 Å². The van der Waals surface area contributed by atoms with Gasteiger partial charge in [-0.2, -0.15) is 0 Å². The Morgan fingerprint density at radius 2 is 2.56 bits per heavy atom. The first-order valence-corrected chi connectivity index (χ1v) is 3.52. The molecule has 0 radical (unpaired) electrons. The van der Waals surface area contributed by atoms with Gasteiger partial charge in [-0.3, -0.25) is 3.96 Å². The molecule has 0 amide bonds. The lowest BCUT2D eigenvalue weighted by Gasteiger charge is -2.05. The van der Waals surface area contributed by atoms with Crippen LogP contribution in [0.1, 0.15) is 0 Å². The summed E-state index contributed by atoms with van der Waals surface area (Å²) in [6.07, 6.45) is 1.82. The molecule has 3 heteroatoms. The van der Waals surface area contributed by atoms with Crippen molar-refractivity contribution < 1.29 is 0 Å². The third-order valence-corrected chi connectivity index (χ3v) is 2.27. The highest BCUT2D eigenvalue weighted by atomic mass is 32.1. The molecule has 0 aliphatic carbocycles. The summed E-state index contributed by atoms with van der Waals surface area (Å²) >= 11 is 1.68. The Kier molecular flexibility index (Phi) is 0.873. The largest absolute Gasteiger partial charge is 0.296 e. The van der Waals surface area contributed by atoms with E-state index >= 15 is 0 Å². The van der Waals surface area contributed by atoms with E-state index in [1.54, 1.807) is 11.5 Å². The number of aromatic nitrogens is 2. The molecule has 0 N–H and O–H groups in total. The lowest BCUT2D eigenvalue weighted by atomic mass is 10.5. The highest BCUT2D eigenvalue weighted by molar-refractivity contribution is 7.15. The molecule has 0 atom stereocenters. The topological polar surface area (TPSA) is 17.8 Å². The van der Waals surface area contributed by atoms with Crippen molar-refractivity contribution in [3.8, 4) is 0 Å². The first-order chi connectivity index (χ1) is 4.38. The molecule has 0 saturated carbocycles. The predicted octanol–water partition coefficient (Wildman–Crippen LogP) is 1.63. The molecule has 0 spiro atoms. The van der Waals surface area contributed by atoms with Crippen LogP contribution in [0.5, 0.6) is 0 Å². The van der Waals surface area contributed by atoms with Crippen LogP contribution in [0.25, 0.3) is 10.3 Å². The minimum absolute atomic E-state index is 1.14. The third kappa shape index (κ3) is 0.580. The predicted molar refractivity (Wildman–Crippen MR) is 38.6 cm³/mol. The second kappa shape index (κ2) is 1.57. The molecule has 2 aromatic rings. The van der Waals surface area contributed by atoms with E-state index in [2.05, 4.69) is 15.0 Å². The first-order valence-electron chi connectivity index (χ1n) is 2.74. The third-order valence-electron chi connectivity index (χ3n) is 1.31. The van der Waals surface area contributed by atoms with Crippen LogP contribution in [0.2, 0.25) is 0 Å². The van der Waals surface area contributed by atoms with E-state index in [9.17, 15) is 0 Å². The summed E-state index contributed by atoms with van der Waals surface area (Å²) in [6, 6.07) is 4.02. The SMILES string of the molecule is Cn1sc2ncccc21. The summed E-state index contributed by atoms with van der Waals surface area (Å²) in [6.45, 7) is 0. The number of aryl methyl sites for hydroxylation is 1. The number of rotatable bonds is 0. The minimum Gasteiger partial charge on any atom is -0.296 e. The average molecular weight is 138 g/mol. The van der Waals surface area contributed by atoms with E-state index in [1.165, 1.54) is 5.52 Å². The maximum atomic E-state index is 4.14. The second-order valence-electron chi connectivity index (χ2n) is 1.92. The van der Waals surface area contributed by atoms with Gasteiger partial charge >= 0.3 is 0 Å². The van der Waals surface area contributed by atoms with Gasteiger partial charge in [0.05, 0.1) is 5.52 Å². The Bertz CT molecular complexity index is 320. The molecule has 2 heterocycles. The fourth-order valence-corrected chi connectivity index (χ4v) is 1.61. The molecule has 46 valence electrons. The summed E-state index contributed by atoms with van der Waals surface area (Å²) in [4.78, 5) is 5.28. The van der Waals surface area contributed by atoms with E-state index in [0.29, 0.717) is 0 Å². The maximum absolute atomic E-state index is 4.14. The van der Waals surface area contributed by atoms with Crippen LogP contribution in [0.3, 0.4) is 0 Å². The lowest BCUT2D eigenvalue weighted by Crippen LogP contribution is -1.93. The van der Waals surface area contributed by atoms with Gasteiger partial charge in [0.25, 0.3) is 0 Å². The van der Waals surface area contributed by atoms with Gasteiger partial charge in [-0.15, -0.1) is 0 Å². The highest BCUT2D eigenvalue weighted by Gasteiger charge is 1.99. The lowest BCUT2D eigenvalue weighted by molar-refractivity contribution is 1.06. The molecule has 2 aromatic heterocycles. The standard InChI is InChI=1S/C6H6N2S/c1-8-5-3-2-4-7-6(5)9-8/h2-4H,1H3. The molecule has 9 heavy (non-hydrogen) atoms. The quantitative estimate of drug-likeness (QED) is 0.541. The van der Waals surface area contributed by atoms with Crippen molar-refractivity contribution in [2.24, 2.45) is 7.05 Å². The Morgan fingerprint density at radius 3 is 3.11 bits per heavy atom. The monoisotopic (exact) mass is 138 g/mol. The van der Waals surface area contributed by atoms with Crippen LogP contribution in [0.4, 0.5) is 0 Å². The van der Waals surface area contributed by atoms with Crippen molar-refractivity contribution in [3.63, 3.8) is 0 Å². The van der Waals surface area contributed by atoms with Crippen molar-refractivity contribution in [3.05, 3.63) is 18.3 Å². The normalized spacial score (nSPS) is 10.8. The van der Waals surface area contributed by atoms with Gasteiger partial charge in [-0.1, -0.05) is 0 Å². The zero-order chi connectivity index (χ0) is 6.27. The van der Waals surface area contributed by atoms with Gasteiger partial charge in [0, 0.05) is 13.2 Å². The van der Waals surface area contributed by atoms with Crippen LogP contribution >= 0.6 is 11.5 Å². The molecular formula is C6H6N2S. The summed E-state index contributed by atoms with van der Waals surface area (Å²) in [5.74, 6) is 0. The van der Waals surface area contributed by atoms with Crippen molar-refractivity contribution in [1.29, 1.82) is 0 Å². The fourth-order valence-electron chi connectivity index (χ4n) is 0.832. The molecule has 0 aliphatic heterocycles. The summed E-state index contributed by atoms with van der Waals surface area (Å²) in [5.41, 5.74) is 1.24. The zero-order valence-corrected chi connectivity index (χ0v) is 5.85. The molecule has 2 nitrogen and oxygen atoms in total. The number of fused-ring (bicyclic) bond motifs is 1. The molecule has 0 aliphatic rings. The van der Waals surface area contributed by atoms with Gasteiger partial charge in [-0.25, -0.2) is 4.98 Å². The zero-order valence-electron chi connectivity index (χ0n) is 5.03. The van der Waals surface area contributed by atoms with Crippen molar-refractivity contribution in [2.75, 3.05) is 0 Å². The molecule has 0 aromatic carbocycles. The van der Waals surface area contributed by atoms with E-state index in [-0.39, 0.29) is 0 Å². The number of nitrogens with zero attached hydrogens (tertiary/aromatic N) is 2. The molecule has 0 bridgehead atoms. The second-order valence-corrected chi connectivity index (χ2v) is 3.03. The molecular weight excluding hydrogens is 132 g/mol. The summed E-state index contributed by atoms with van der Waals surface area (Å²) < 4.78 is 2.10. The Morgan fingerprint density at radius 1 is 1.67 bits per heavy atom. The van der Waals surface area contributed by atoms with E-state index in [4.69, 9.17) is 0 Å². The fraction of sp³-hybridized carbons (Fsp3) is 0.167. The minimum atomic E-state index is 1.14. The molecule has 0 saturated heterocycles. The van der Waals surface area contributed by atoms with Crippen LogP contribution in [-0.4, -0.2) is 8.94 Å². The van der Waals surface area contributed by atoms with Crippen LogP contribution in [0.15, 0.2) is 18.3 Å². The van der Waals surface area contributed by atoms with Crippen molar-refractivity contribution in [2.45, 2.75) is 0 Å². The van der Waals surface area contributed by atoms with Gasteiger partial charge in [0.15, 0.2) is 4.83 Å². The van der Waals surface area contributed by atoms with Crippen LogP contribution in [0, 0.1) is 0 Å². The summed E-state index contributed by atoms with van der Waals surface area (Å²) in [7, 11) is 2.04. The maximum Gasteiger partial charge on any atom is 0.157 e. The molecule has 2 rings (SSSR count). The smallest absolute Gasteiger partial charge is 0.157 e. The number of hydrogen-bond donors (Lipinski definition) is 0. The molecule has 0 fully saturated rings. The Balaban J connectivity index is 2.81. The van der Waals surface area contributed by atoms with Gasteiger partial charge in [0.1, 0.15) is 0 Å². The van der Waals surface area contributed by atoms with Crippen LogP contribution in [-0.2, 0) is 7.05 Å². The van der Waals surface area contributed by atoms with Crippen molar-refractivity contribution >= 4 is 21.9 Å². The van der Waals surface area contributed by atoms with Crippen molar-refractivity contribution in [1.82, 2.24) is 8.94 Å². The highest BCUT2D eigenvalue weighted by Crippen LogP contribution is 2.19. The van der Waals surface area contributed by atoms with Gasteiger partial charge < -0.3 is 0 Å². The van der Waals surface area contributed by atoms with Gasteiger partial charge in [-0.05, 0) is 23.7 Å². The van der Waals surface area contributed by atoms with E-state index < -0.39 is 0 Å². The summed E-state index contributed by atoms with van der Waals surface area (Å²) in [5, 5.41) is 0. The van der Waals surface area contributed by atoms with E-state index in [0.717, 1.165) is 4.83 Å². The number of pyridine rings is 1. The van der Waals surface area contributed by atoms with Gasteiger partial charge in [0.2, 0.25) is 0 Å². The Hall–Kier alpha value is -0.830. The molecule has 0 unspecified atom stereocenters. The van der Waals surface area contributed by atoms with Crippen LogP contribution < -0.4 is 0 Å². The first kappa shape index (κ1) is 4.99. The van der Waals surface area contributed by atoms with E-state index in [1.807, 2.05) is 19.3 Å². The average Bonchev–Trinajstić information content (AvgIpc) is 1.86. The number of hydrogen-bond acceptors (Lipinski definition) is 2.